The molecule has 0 saturated carbocycles. The lowest BCUT2D eigenvalue weighted by molar-refractivity contribution is -0.114. The first-order valence-electron chi connectivity index (χ1n) is 7.43. The number of thiophene rings is 1. The highest BCUT2D eigenvalue weighted by Crippen LogP contribution is 2.12. The lowest BCUT2D eigenvalue weighted by atomic mass is 10.2. The van der Waals surface area contributed by atoms with Crippen LogP contribution >= 0.6 is 11.3 Å². The summed E-state index contributed by atoms with van der Waals surface area (Å²) in [7, 11) is 0. The Balaban J connectivity index is 1.71. The van der Waals surface area contributed by atoms with E-state index in [1.165, 1.54) is 18.3 Å². The van der Waals surface area contributed by atoms with Gasteiger partial charge in [0, 0.05) is 19.2 Å². The Morgan fingerprint density at radius 1 is 1.17 bits per heavy atom. The van der Waals surface area contributed by atoms with Crippen LogP contribution < -0.4 is 10.6 Å². The van der Waals surface area contributed by atoms with E-state index in [2.05, 4.69) is 10.6 Å². The zero-order chi connectivity index (χ0) is 17.4. The van der Waals surface area contributed by atoms with Gasteiger partial charge in [-0.3, -0.25) is 9.59 Å². The number of esters is 1. The van der Waals surface area contributed by atoms with Crippen molar-refractivity contribution in [1.29, 1.82) is 0 Å². The topological polar surface area (TPSA) is 84.5 Å². The first-order valence-corrected chi connectivity index (χ1v) is 8.30. The van der Waals surface area contributed by atoms with E-state index in [1.807, 2.05) is 11.4 Å². The van der Waals surface area contributed by atoms with Gasteiger partial charge in [-0.05, 0) is 36.1 Å². The molecule has 0 aliphatic rings. The molecule has 2 N–H and O–H groups in total. The van der Waals surface area contributed by atoms with Crippen molar-refractivity contribution in [2.75, 3.05) is 18.5 Å². The van der Waals surface area contributed by atoms with Crippen LogP contribution in [0.4, 0.5) is 5.69 Å². The summed E-state index contributed by atoms with van der Waals surface area (Å²) < 4.78 is 5.16. The van der Waals surface area contributed by atoms with E-state index in [0.29, 0.717) is 29.1 Å². The fourth-order valence-corrected chi connectivity index (χ4v) is 2.58. The smallest absolute Gasteiger partial charge is 0.338 e. The van der Waals surface area contributed by atoms with Gasteiger partial charge in [-0.25, -0.2) is 4.79 Å². The summed E-state index contributed by atoms with van der Waals surface area (Å²) in [4.78, 5) is 35.3. The number of anilines is 1. The monoisotopic (exact) mass is 346 g/mol. The summed E-state index contributed by atoms with van der Waals surface area (Å²) >= 11 is 1.38. The highest BCUT2D eigenvalue weighted by atomic mass is 32.1. The van der Waals surface area contributed by atoms with Crippen LogP contribution in [0.2, 0.25) is 0 Å². The molecule has 0 unspecified atom stereocenters. The molecule has 1 aromatic heterocycles. The molecule has 0 saturated heterocycles. The number of carbonyl (C=O) groups is 3. The van der Waals surface area contributed by atoms with E-state index in [4.69, 9.17) is 4.74 Å². The lowest BCUT2D eigenvalue weighted by Crippen LogP contribution is -2.24. The molecule has 0 aliphatic carbocycles. The van der Waals surface area contributed by atoms with Gasteiger partial charge in [-0.15, -0.1) is 11.3 Å². The van der Waals surface area contributed by atoms with Gasteiger partial charge >= 0.3 is 5.97 Å². The lowest BCUT2D eigenvalue weighted by Gasteiger charge is -2.07. The fraction of sp³-hybridized carbons (Fsp3) is 0.235. The molecule has 0 radical (unpaired) electrons. The van der Waals surface area contributed by atoms with Crippen molar-refractivity contribution in [3.8, 4) is 0 Å². The summed E-state index contributed by atoms with van der Waals surface area (Å²) in [5.41, 5.74) is 0.907. The van der Waals surface area contributed by atoms with Gasteiger partial charge in [-0.1, -0.05) is 12.1 Å². The predicted molar refractivity (Wildman–Crippen MR) is 92.3 cm³/mol. The molecule has 2 amide bonds. The molecule has 6 nitrogen and oxygen atoms in total. The summed E-state index contributed by atoms with van der Waals surface area (Å²) in [5.74, 6) is -0.798. The maximum absolute atomic E-state index is 11.9. The molecule has 24 heavy (non-hydrogen) atoms. The molecule has 0 fully saturated rings. The number of benzene rings is 1. The van der Waals surface area contributed by atoms with Crippen molar-refractivity contribution < 1.29 is 19.1 Å². The number of ether oxygens (including phenoxy) is 1. The first-order chi connectivity index (χ1) is 11.6. The van der Waals surface area contributed by atoms with Crippen LogP contribution in [-0.4, -0.2) is 30.9 Å². The summed E-state index contributed by atoms with van der Waals surface area (Å²) in [6.45, 7) is 2.03. The number of carbonyl (C=O) groups excluding carboxylic acids is 3. The minimum absolute atomic E-state index is 0.126. The second-order valence-electron chi connectivity index (χ2n) is 4.98. The van der Waals surface area contributed by atoms with E-state index in [0.717, 1.165) is 0 Å². The van der Waals surface area contributed by atoms with Gasteiger partial charge in [0.2, 0.25) is 5.91 Å². The van der Waals surface area contributed by atoms with Gasteiger partial charge in [0.1, 0.15) is 0 Å². The maximum atomic E-state index is 11.9. The average molecular weight is 346 g/mol. The van der Waals surface area contributed by atoms with Crippen molar-refractivity contribution in [3.05, 3.63) is 52.2 Å². The molecule has 0 atom stereocenters. The Morgan fingerprint density at radius 2 is 2.00 bits per heavy atom. The summed E-state index contributed by atoms with van der Waals surface area (Å²) in [6.07, 6.45) is 0.522. The van der Waals surface area contributed by atoms with Crippen molar-refractivity contribution >= 4 is 34.8 Å². The van der Waals surface area contributed by atoms with Crippen molar-refractivity contribution in [1.82, 2.24) is 5.32 Å². The van der Waals surface area contributed by atoms with Gasteiger partial charge in [0.05, 0.1) is 17.0 Å². The van der Waals surface area contributed by atoms with Crippen molar-refractivity contribution in [3.63, 3.8) is 0 Å². The molecular weight excluding hydrogens is 328 g/mol. The third-order valence-electron chi connectivity index (χ3n) is 3.00. The third kappa shape index (κ3) is 5.51. The van der Waals surface area contributed by atoms with Gasteiger partial charge in [-0.2, -0.15) is 0 Å². The molecule has 0 spiro atoms. The number of amides is 2. The number of hydrogen-bond donors (Lipinski definition) is 2. The van der Waals surface area contributed by atoms with Gasteiger partial charge in [0.15, 0.2) is 0 Å². The SMILES string of the molecule is CC(=O)Nc1cccc(C(=O)OCCCNC(=O)c2cccs2)c1. The number of nitrogens with one attached hydrogen (secondary N) is 2. The van der Waals surface area contributed by atoms with Gasteiger partial charge in [0.25, 0.3) is 5.91 Å². The third-order valence-corrected chi connectivity index (χ3v) is 3.87. The molecule has 1 heterocycles. The Labute approximate surface area is 143 Å². The molecule has 1 aromatic carbocycles. The van der Waals surface area contributed by atoms with E-state index < -0.39 is 5.97 Å². The molecule has 0 bridgehead atoms. The van der Waals surface area contributed by atoms with E-state index in [1.54, 1.807) is 30.3 Å². The molecule has 7 heteroatoms. The zero-order valence-corrected chi connectivity index (χ0v) is 14.0. The predicted octanol–water partition coefficient (Wildman–Crippen LogP) is 2.68. The standard InChI is InChI=1S/C17H18N2O4S/c1-12(20)19-14-6-2-5-13(11-14)17(22)23-9-4-8-18-16(21)15-7-3-10-24-15/h2-3,5-7,10-11H,4,8-9H2,1H3,(H,18,21)(H,19,20). The van der Waals surface area contributed by atoms with Gasteiger partial charge < -0.3 is 15.4 Å². The summed E-state index contributed by atoms with van der Waals surface area (Å²) in [5, 5.41) is 7.21. The zero-order valence-electron chi connectivity index (χ0n) is 13.2. The van der Waals surface area contributed by atoms with Crippen LogP contribution in [0.1, 0.15) is 33.4 Å². The van der Waals surface area contributed by atoms with E-state index >= 15 is 0 Å². The minimum Gasteiger partial charge on any atom is -0.462 e. The van der Waals surface area contributed by atoms with Crippen LogP contribution in [0.5, 0.6) is 0 Å². The average Bonchev–Trinajstić information content (AvgIpc) is 3.08. The second-order valence-corrected chi connectivity index (χ2v) is 5.93. The highest BCUT2D eigenvalue weighted by molar-refractivity contribution is 7.12. The largest absolute Gasteiger partial charge is 0.462 e. The first kappa shape index (κ1) is 17.7. The maximum Gasteiger partial charge on any atom is 0.338 e. The molecular formula is C17H18N2O4S. The Morgan fingerprint density at radius 3 is 2.71 bits per heavy atom. The highest BCUT2D eigenvalue weighted by Gasteiger charge is 2.09. The van der Waals surface area contributed by atoms with Crippen LogP contribution in [-0.2, 0) is 9.53 Å². The van der Waals surface area contributed by atoms with Crippen molar-refractivity contribution in [2.45, 2.75) is 13.3 Å². The van der Waals surface area contributed by atoms with Crippen LogP contribution in [0.15, 0.2) is 41.8 Å². The van der Waals surface area contributed by atoms with Crippen LogP contribution in [0.3, 0.4) is 0 Å². The van der Waals surface area contributed by atoms with Crippen molar-refractivity contribution in [2.24, 2.45) is 0 Å². The van der Waals surface area contributed by atoms with Crippen LogP contribution in [0, 0.1) is 0 Å². The normalized spacial score (nSPS) is 10.0. The number of hydrogen-bond acceptors (Lipinski definition) is 5. The van der Waals surface area contributed by atoms with E-state index in [9.17, 15) is 14.4 Å². The Bertz CT molecular complexity index is 713. The quantitative estimate of drug-likeness (QED) is 0.596. The minimum atomic E-state index is -0.466. The molecule has 2 rings (SSSR count). The second kappa shape index (κ2) is 8.83. The molecule has 126 valence electrons. The van der Waals surface area contributed by atoms with Crippen LogP contribution in [0.25, 0.3) is 0 Å². The molecule has 2 aromatic rings. The van der Waals surface area contributed by atoms with E-state index in [-0.39, 0.29) is 18.4 Å². The Hall–Kier alpha value is -2.67. The fourth-order valence-electron chi connectivity index (χ4n) is 1.94. The Kier molecular flexibility index (Phi) is 6.51. The number of rotatable bonds is 7. The summed E-state index contributed by atoms with van der Waals surface area (Å²) in [6, 6.07) is 10.1. The molecule has 0 aliphatic heterocycles.